The van der Waals surface area contributed by atoms with Gasteiger partial charge in [0, 0.05) is 17.1 Å². The lowest BCUT2D eigenvalue weighted by atomic mass is 10.1. The number of nitrogens with one attached hydrogen (secondary N) is 2. The zero-order chi connectivity index (χ0) is 13.3. The molecule has 0 unspecified atom stereocenters. The van der Waals surface area contributed by atoms with E-state index >= 15 is 0 Å². The summed E-state index contributed by atoms with van der Waals surface area (Å²) in [4.78, 5) is 14.5. The summed E-state index contributed by atoms with van der Waals surface area (Å²) in [7, 11) is 0. The minimum atomic E-state index is -4.41. The Morgan fingerprint density at radius 1 is 1.39 bits per heavy atom. The van der Waals surface area contributed by atoms with Crippen LogP contribution in [0.1, 0.15) is 15.9 Å². The molecule has 96 valence electrons. The van der Waals surface area contributed by atoms with Crippen LogP contribution in [-0.2, 0) is 0 Å². The topological polar surface area (TPSA) is 44.9 Å². The van der Waals surface area contributed by atoms with Crippen LogP contribution in [0.4, 0.5) is 13.2 Å². The summed E-state index contributed by atoms with van der Waals surface area (Å²) in [6.45, 7) is 0.522. The fraction of sp³-hybridized carbons (Fsp3) is 0.250. The number of fused-ring (bicyclic) bond motifs is 1. The van der Waals surface area contributed by atoms with E-state index in [0.29, 0.717) is 5.39 Å². The number of benzene rings is 1. The first-order valence-corrected chi connectivity index (χ1v) is 5.29. The number of halogens is 3. The van der Waals surface area contributed by atoms with Crippen molar-refractivity contribution in [1.29, 1.82) is 0 Å². The van der Waals surface area contributed by atoms with Crippen LogP contribution in [0, 0.1) is 6.92 Å². The van der Waals surface area contributed by atoms with Gasteiger partial charge in [-0.25, -0.2) is 0 Å². The lowest BCUT2D eigenvalue weighted by Crippen LogP contribution is -2.33. The standard InChI is InChI=1S/C12H11F3N2O/c1-7-2-3-10-8(4-7)9(5-16-10)11(18)17-6-12(13,14)15/h2-5,16H,6H2,1H3,(H,17,18). The minimum absolute atomic E-state index is 0.220. The van der Waals surface area contributed by atoms with Gasteiger partial charge in [-0.3, -0.25) is 4.79 Å². The van der Waals surface area contributed by atoms with E-state index < -0.39 is 18.6 Å². The molecule has 1 amide bonds. The van der Waals surface area contributed by atoms with E-state index in [2.05, 4.69) is 4.98 Å². The van der Waals surface area contributed by atoms with Crippen molar-refractivity contribution in [3.05, 3.63) is 35.5 Å². The lowest BCUT2D eigenvalue weighted by molar-refractivity contribution is -0.123. The zero-order valence-electron chi connectivity index (χ0n) is 9.56. The number of aromatic amines is 1. The molecule has 0 saturated carbocycles. The molecule has 0 fully saturated rings. The largest absolute Gasteiger partial charge is 0.405 e. The van der Waals surface area contributed by atoms with E-state index in [1.54, 1.807) is 12.1 Å². The number of hydrogen-bond acceptors (Lipinski definition) is 1. The third-order valence-electron chi connectivity index (χ3n) is 2.53. The number of alkyl halides is 3. The van der Waals surface area contributed by atoms with Crippen molar-refractivity contribution in [1.82, 2.24) is 10.3 Å². The van der Waals surface area contributed by atoms with Gasteiger partial charge in [0.2, 0.25) is 0 Å². The van der Waals surface area contributed by atoms with E-state index in [1.807, 2.05) is 18.3 Å². The van der Waals surface area contributed by atoms with Gasteiger partial charge in [-0.05, 0) is 19.1 Å². The molecule has 0 aliphatic rings. The predicted octanol–water partition coefficient (Wildman–Crippen LogP) is 2.77. The first-order chi connectivity index (χ1) is 8.37. The molecule has 18 heavy (non-hydrogen) atoms. The van der Waals surface area contributed by atoms with Gasteiger partial charge in [0.15, 0.2) is 0 Å². The van der Waals surface area contributed by atoms with Crippen molar-refractivity contribution in [2.24, 2.45) is 0 Å². The van der Waals surface area contributed by atoms with Gasteiger partial charge in [-0.2, -0.15) is 13.2 Å². The van der Waals surface area contributed by atoms with E-state index in [-0.39, 0.29) is 5.56 Å². The minimum Gasteiger partial charge on any atom is -0.360 e. The first kappa shape index (κ1) is 12.5. The summed E-state index contributed by atoms with van der Waals surface area (Å²) in [5.74, 6) is -0.732. The van der Waals surface area contributed by atoms with Crippen LogP contribution in [0.25, 0.3) is 10.9 Å². The van der Waals surface area contributed by atoms with Gasteiger partial charge in [-0.1, -0.05) is 11.6 Å². The van der Waals surface area contributed by atoms with Crippen molar-refractivity contribution >= 4 is 16.8 Å². The Hall–Kier alpha value is -1.98. The normalized spacial score (nSPS) is 11.8. The van der Waals surface area contributed by atoms with E-state index in [4.69, 9.17) is 0 Å². The highest BCUT2D eigenvalue weighted by Crippen LogP contribution is 2.20. The van der Waals surface area contributed by atoms with Gasteiger partial charge in [0.25, 0.3) is 5.91 Å². The second-order valence-corrected chi connectivity index (χ2v) is 4.05. The average Bonchev–Trinajstić information content (AvgIpc) is 2.67. The van der Waals surface area contributed by atoms with Gasteiger partial charge in [0.1, 0.15) is 6.54 Å². The number of carbonyl (C=O) groups is 1. The van der Waals surface area contributed by atoms with Crippen molar-refractivity contribution in [3.63, 3.8) is 0 Å². The fourth-order valence-electron chi connectivity index (χ4n) is 1.70. The van der Waals surface area contributed by atoms with Crippen LogP contribution in [0.15, 0.2) is 24.4 Å². The summed E-state index contributed by atoms with van der Waals surface area (Å²) >= 11 is 0. The van der Waals surface area contributed by atoms with Gasteiger partial charge >= 0.3 is 6.18 Å². The third-order valence-corrected chi connectivity index (χ3v) is 2.53. The monoisotopic (exact) mass is 256 g/mol. The molecule has 3 nitrogen and oxygen atoms in total. The Morgan fingerprint density at radius 2 is 2.11 bits per heavy atom. The summed E-state index contributed by atoms with van der Waals surface area (Å²) < 4.78 is 36.0. The molecule has 2 rings (SSSR count). The number of rotatable bonds is 2. The Kier molecular flexibility index (Phi) is 3.02. The van der Waals surface area contributed by atoms with Crippen LogP contribution in [0.2, 0.25) is 0 Å². The van der Waals surface area contributed by atoms with Gasteiger partial charge in [-0.15, -0.1) is 0 Å². The van der Waals surface area contributed by atoms with Crippen LogP contribution in [0.5, 0.6) is 0 Å². The molecule has 0 aliphatic heterocycles. The van der Waals surface area contributed by atoms with Crippen LogP contribution in [0.3, 0.4) is 0 Å². The predicted molar refractivity (Wildman–Crippen MR) is 61.4 cm³/mol. The molecule has 1 aromatic carbocycles. The molecular weight excluding hydrogens is 245 g/mol. The van der Waals surface area contributed by atoms with Crippen LogP contribution < -0.4 is 5.32 Å². The van der Waals surface area contributed by atoms with Crippen LogP contribution in [-0.4, -0.2) is 23.6 Å². The molecule has 2 N–H and O–H groups in total. The number of aromatic nitrogens is 1. The quantitative estimate of drug-likeness (QED) is 0.852. The molecule has 2 aromatic rings. The highest BCUT2D eigenvalue weighted by atomic mass is 19.4. The average molecular weight is 256 g/mol. The third kappa shape index (κ3) is 2.64. The molecule has 0 aliphatic carbocycles. The first-order valence-electron chi connectivity index (χ1n) is 5.29. The second-order valence-electron chi connectivity index (χ2n) is 4.05. The smallest absolute Gasteiger partial charge is 0.360 e. The van der Waals surface area contributed by atoms with Gasteiger partial charge in [0.05, 0.1) is 5.56 Å². The molecule has 0 radical (unpaired) electrons. The van der Waals surface area contributed by atoms with E-state index in [1.165, 1.54) is 6.20 Å². The summed E-state index contributed by atoms with van der Waals surface area (Å²) in [5, 5.41) is 2.47. The Labute approximate surface area is 101 Å². The number of H-pyrrole nitrogens is 1. The van der Waals surface area contributed by atoms with Crippen LogP contribution >= 0.6 is 0 Å². The highest BCUT2D eigenvalue weighted by molar-refractivity contribution is 6.06. The maximum atomic E-state index is 12.0. The summed E-state index contributed by atoms with van der Waals surface area (Å²) in [5.41, 5.74) is 1.88. The molecule has 1 heterocycles. The Bertz CT molecular complexity index is 587. The summed E-state index contributed by atoms with van der Waals surface area (Å²) in [6, 6.07) is 5.40. The SMILES string of the molecule is Cc1ccc2[nH]cc(C(=O)NCC(F)(F)F)c2c1. The molecule has 0 bridgehead atoms. The molecule has 0 saturated heterocycles. The number of carbonyl (C=O) groups excluding carboxylic acids is 1. The maximum absolute atomic E-state index is 12.0. The van der Waals surface area contributed by atoms with E-state index in [0.717, 1.165) is 11.1 Å². The van der Waals surface area contributed by atoms with Crippen molar-refractivity contribution in [2.75, 3.05) is 6.54 Å². The number of hydrogen-bond donors (Lipinski definition) is 2. The molecule has 0 spiro atoms. The summed E-state index contributed by atoms with van der Waals surface area (Å²) in [6.07, 6.45) is -2.99. The number of amides is 1. The van der Waals surface area contributed by atoms with Gasteiger partial charge < -0.3 is 10.3 Å². The molecule has 0 atom stereocenters. The highest BCUT2D eigenvalue weighted by Gasteiger charge is 2.28. The number of aryl methyl sites for hydroxylation is 1. The lowest BCUT2D eigenvalue weighted by Gasteiger charge is -2.07. The van der Waals surface area contributed by atoms with Crippen molar-refractivity contribution in [2.45, 2.75) is 13.1 Å². The van der Waals surface area contributed by atoms with E-state index in [9.17, 15) is 18.0 Å². The molecular formula is C12H11F3N2O. The molecule has 6 heteroatoms. The Morgan fingerprint density at radius 3 is 2.78 bits per heavy atom. The fourth-order valence-corrected chi connectivity index (χ4v) is 1.70. The maximum Gasteiger partial charge on any atom is 0.405 e. The zero-order valence-corrected chi connectivity index (χ0v) is 9.56. The molecule has 1 aromatic heterocycles. The van der Waals surface area contributed by atoms with Crippen molar-refractivity contribution < 1.29 is 18.0 Å². The second kappa shape index (κ2) is 4.36. The Balaban J connectivity index is 2.25. The van der Waals surface area contributed by atoms with Crippen molar-refractivity contribution in [3.8, 4) is 0 Å².